The van der Waals surface area contributed by atoms with E-state index in [0.29, 0.717) is 49.0 Å². The van der Waals surface area contributed by atoms with Crippen molar-refractivity contribution in [1.29, 1.82) is 0 Å². The Labute approximate surface area is 280 Å². The minimum Gasteiger partial charge on any atom is -0.344 e. The summed E-state index contributed by atoms with van der Waals surface area (Å²) in [7, 11) is 2.07. The molecule has 1 unspecified atom stereocenters. The molecule has 1 saturated heterocycles. The van der Waals surface area contributed by atoms with Crippen LogP contribution in [0.15, 0.2) is 72.8 Å². The summed E-state index contributed by atoms with van der Waals surface area (Å²) < 4.78 is 0. The zero-order valence-corrected chi connectivity index (χ0v) is 27.3. The molecular formula is C36H43N9O3. The van der Waals surface area contributed by atoms with Crippen molar-refractivity contribution in [3.63, 3.8) is 0 Å². The first-order valence-corrected chi connectivity index (χ1v) is 16.7. The van der Waals surface area contributed by atoms with Crippen molar-refractivity contribution >= 4 is 23.4 Å². The molecular weight excluding hydrogens is 606 g/mol. The van der Waals surface area contributed by atoms with Crippen molar-refractivity contribution in [3.05, 3.63) is 83.9 Å². The fourth-order valence-electron chi connectivity index (χ4n) is 6.51. The van der Waals surface area contributed by atoms with E-state index in [9.17, 15) is 14.4 Å². The summed E-state index contributed by atoms with van der Waals surface area (Å²) in [5.74, 6) is 0.370. The van der Waals surface area contributed by atoms with Crippen LogP contribution in [0.1, 0.15) is 41.6 Å². The van der Waals surface area contributed by atoms with E-state index >= 15 is 0 Å². The van der Waals surface area contributed by atoms with Gasteiger partial charge in [-0.25, -0.2) is 0 Å². The minimum atomic E-state index is -0.804. The number of benzene rings is 3. The standard InChI is InChI=1S/C36H43N9O3/c1-44-16-18-45(19-17-44)36(48)30-7-3-6-29(22-30)28-5-2-4-25(20-28)21-32(39-34(46)27-10-8-24(23-37)9-11-27)35(47)38-31-14-12-26(13-15-31)33-40-42-43-41-33/h2-7,12-15,20,22,24,27,32H,8-11,16-19,21,23,37H2,1H3,(H,38,47)(H,39,46)(H,40,41,42,43). The molecule has 0 radical (unpaired) electrons. The van der Waals surface area contributed by atoms with Crippen LogP contribution in [0.3, 0.4) is 0 Å². The predicted molar refractivity (Wildman–Crippen MR) is 184 cm³/mol. The molecule has 12 heteroatoms. The molecule has 12 nitrogen and oxygen atoms in total. The van der Waals surface area contributed by atoms with Crippen LogP contribution in [0.25, 0.3) is 22.5 Å². The van der Waals surface area contributed by atoms with Gasteiger partial charge in [-0.15, -0.1) is 10.2 Å². The van der Waals surface area contributed by atoms with Crippen LogP contribution in [-0.2, 0) is 16.0 Å². The van der Waals surface area contributed by atoms with Crippen molar-refractivity contribution in [2.75, 3.05) is 45.1 Å². The Balaban J connectivity index is 1.19. The molecule has 3 aromatic carbocycles. The molecule has 3 amide bonds. The van der Waals surface area contributed by atoms with Gasteiger partial charge in [0.25, 0.3) is 5.91 Å². The minimum absolute atomic E-state index is 0.0337. The number of carbonyl (C=O) groups excluding carboxylic acids is 3. The third-order valence-corrected chi connectivity index (χ3v) is 9.54. The number of tetrazole rings is 1. The number of nitrogens with one attached hydrogen (secondary N) is 3. The number of hydrogen-bond acceptors (Lipinski definition) is 8. The molecule has 1 aliphatic heterocycles. The van der Waals surface area contributed by atoms with E-state index < -0.39 is 6.04 Å². The summed E-state index contributed by atoms with van der Waals surface area (Å²) in [6.45, 7) is 3.77. The van der Waals surface area contributed by atoms with Crippen molar-refractivity contribution in [1.82, 2.24) is 35.7 Å². The van der Waals surface area contributed by atoms with Gasteiger partial charge < -0.3 is 26.2 Å². The topological polar surface area (TPSA) is 162 Å². The van der Waals surface area contributed by atoms with E-state index in [0.717, 1.165) is 61.0 Å². The predicted octanol–water partition coefficient (Wildman–Crippen LogP) is 3.35. The van der Waals surface area contributed by atoms with Crippen LogP contribution >= 0.6 is 0 Å². The number of nitrogens with zero attached hydrogens (tertiary/aromatic N) is 5. The number of rotatable bonds is 10. The number of nitrogens with two attached hydrogens (primary N) is 1. The van der Waals surface area contributed by atoms with Crippen LogP contribution in [0.2, 0.25) is 0 Å². The van der Waals surface area contributed by atoms with Gasteiger partial charge in [0.05, 0.1) is 0 Å². The number of aromatic nitrogens is 4. The second-order valence-corrected chi connectivity index (χ2v) is 12.9. The molecule has 250 valence electrons. The van der Waals surface area contributed by atoms with Gasteiger partial charge >= 0.3 is 0 Å². The monoisotopic (exact) mass is 649 g/mol. The van der Waals surface area contributed by atoms with Gasteiger partial charge in [-0.3, -0.25) is 14.4 Å². The second kappa shape index (κ2) is 15.3. The van der Waals surface area contributed by atoms with E-state index in [1.165, 1.54) is 0 Å². The molecule has 1 aromatic heterocycles. The Morgan fingerprint density at radius 1 is 0.896 bits per heavy atom. The number of anilines is 1. The summed E-state index contributed by atoms with van der Waals surface area (Å²) in [5, 5.41) is 20.1. The molecule has 6 rings (SSSR count). The molecule has 4 aromatic rings. The first-order valence-electron chi connectivity index (χ1n) is 16.7. The van der Waals surface area contributed by atoms with Crippen molar-refractivity contribution in [2.45, 2.75) is 38.1 Å². The maximum absolute atomic E-state index is 13.8. The lowest BCUT2D eigenvalue weighted by Gasteiger charge is -2.32. The van der Waals surface area contributed by atoms with E-state index in [-0.39, 0.29) is 23.6 Å². The summed E-state index contributed by atoms with van der Waals surface area (Å²) in [4.78, 5) is 44.7. The Kier molecular flexibility index (Phi) is 10.5. The first kappa shape index (κ1) is 33.0. The van der Waals surface area contributed by atoms with Gasteiger partial charge in [0.15, 0.2) is 0 Å². The molecule has 2 fully saturated rings. The number of piperazine rings is 1. The summed E-state index contributed by atoms with van der Waals surface area (Å²) in [6.07, 6.45) is 3.65. The third-order valence-electron chi connectivity index (χ3n) is 9.54. The van der Waals surface area contributed by atoms with E-state index in [1.807, 2.05) is 53.4 Å². The number of carbonyl (C=O) groups is 3. The van der Waals surface area contributed by atoms with Gasteiger partial charge in [0, 0.05) is 55.3 Å². The highest BCUT2D eigenvalue weighted by Crippen LogP contribution is 2.29. The van der Waals surface area contributed by atoms with Crippen LogP contribution in [0, 0.1) is 11.8 Å². The highest BCUT2D eigenvalue weighted by Gasteiger charge is 2.29. The highest BCUT2D eigenvalue weighted by atomic mass is 16.2. The molecule has 48 heavy (non-hydrogen) atoms. The molecule has 5 N–H and O–H groups in total. The zero-order valence-electron chi connectivity index (χ0n) is 27.3. The summed E-state index contributed by atoms with van der Waals surface area (Å²) in [6, 6.07) is 22.0. The van der Waals surface area contributed by atoms with Crippen LogP contribution in [0.4, 0.5) is 5.69 Å². The van der Waals surface area contributed by atoms with Crippen molar-refractivity contribution in [3.8, 4) is 22.5 Å². The molecule has 0 spiro atoms. The Morgan fingerprint density at radius 3 is 2.29 bits per heavy atom. The van der Waals surface area contributed by atoms with E-state index in [2.05, 4.69) is 43.2 Å². The number of amides is 3. The molecule has 1 atom stereocenters. The lowest BCUT2D eigenvalue weighted by atomic mass is 9.81. The normalized spacial score (nSPS) is 19.0. The second-order valence-electron chi connectivity index (χ2n) is 12.9. The van der Waals surface area contributed by atoms with Crippen LogP contribution in [-0.4, -0.2) is 94.0 Å². The van der Waals surface area contributed by atoms with Gasteiger partial charge in [-0.2, -0.15) is 5.21 Å². The third kappa shape index (κ3) is 8.12. The SMILES string of the molecule is CN1CCN(C(=O)c2cccc(-c3cccc(CC(NC(=O)C4CCC(CN)CC4)C(=O)Nc4ccc(-c5nn[nH]n5)cc4)c3)c2)CC1. The Hall–Kier alpha value is -4.94. The average Bonchev–Trinajstić information content (AvgIpc) is 3.67. The largest absolute Gasteiger partial charge is 0.344 e. The number of aromatic amines is 1. The average molecular weight is 650 g/mol. The fraction of sp³-hybridized carbons (Fsp3) is 0.389. The van der Waals surface area contributed by atoms with Gasteiger partial charge in [-0.05, 0) is 103 Å². The zero-order chi connectivity index (χ0) is 33.5. The Bertz CT molecular complexity index is 1690. The van der Waals surface area contributed by atoms with Crippen molar-refractivity contribution in [2.24, 2.45) is 17.6 Å². The van der Waals surface area contributed by atoms with Crippen molar-refractivity contribution < 1.29 is 14.4 Å². The molecule has 0 bridgehead atoms. The lowest BCUT2D eigenvalue weighted by Crippen LogP contribution is -2.48. The van der Waals surface area contributed by atoms with Gasteiger partial charge in [-0.1, -0.05) is 36.4 Å². The molecule has 1 saturated carbocycles. The van der Waals surface area contributed by atoms with Crippen LogP contribution < -0.4 is 16.4 Å². The van der Waals surface area contributed by atoms with Gasteiger partial charge in [0.2, 0.25) is 17.6 Å². The smallest absolute Gasteiger partial charge is 0.253 e. The number of likely N-dealkylation sites (N-methyl/N-ethyl adjacent to an activating group) is 1. The molecule has 2 aliphatic rings. The van der Waals surface area contributed by atoms with Crippen LogP contribution in [0.5, 0.6) is 0 Å². The number of H-pyrrole nitrogens is 1. The fourth-order valence-corrected chi connectivity index (χ4v) is 6.51. The lowest BCUT2D eigenvalue weighted by molar-refractivity contribution is -0.130. The van der Waals surface area contributed by atoms with Gasteiger partial charge in [0.1, 0.15) is 6.04 Å². The summed E-state index contributed by atoms with van der Waals surface area (Å²) >= 11 is 0. The molecule has 2 heterocycles. The maximum Gasteiger partial charge on any atom is 0.253 e. The first-order chi connectivity index (χ1) is 23.4. The summed E-state index contributed by atoms with van der Waals surface area (Å²) in [5.41, 5.74) is 10.6. The van der Waals surface area contributed by atoms with E-state index in [1.54, 1.807) is 24.3 Å². The highest BCUT2D eigenvalue weighted by molar-refractivity contribution is 5.98. The quantitative estimate of drug-likeness (QED) is 0.203. The maximum atomic E-state index is 13.8. The molecule has 1 aliphatic carbocycles. The number of hydrogen-bond donors (Lipinski definition) is 4. The Morgan fingerprint density at radius 2 is 1.60 bits per heavy atom. The van der Waals surface area contributed by atoms with E-state index in [4.69, 9.17) is 5.73 Å².